The predicted molar refractivity (Wildman–Crippen MR) is 99.9 cm³/mol. The van der Waals surface area contributed by atoms with Crippen LogP contribution in [0.4, 0.5) is 5.69 Å². The molecule has 2 aromatic rings. The van der Waals surface area contributed by atoms with Crippen LogP contribution in [0.2, 0.25) is 0 Å². The molecule has 0 unspecified atom stereocenters. The maximum atomic E-state index is 12.3. The summed E-state index contributed by atoms with van der Waals surface area (Å²) in [4.78, 5) is 38.4. The lowest BCUT2D eigenvalue weighted by Gasteiger charge is -2.16. The second-order valence-corrected chi connectivity index (χ2v) is 6.47. The van der Waals surface area contributed by atoms with Gasteiger partial charge >= 0.3 is 5.97 Å². The van der Waals surface area contributed by atoms with E-state index in [-0.39, 0.29) is 31.3 Å². The second kappa shape index (κ2) is 8.03. The van der Waals surface area contributed by atoms with Crippen molar-refractivity contribution in [1.29, 1.82) is 0 Å². The SMILES string of the molecule is COc1ccccc1C(=O)COC(=O)[C@@H]1CC(=O)N(c2ccc(C)cc2)C1. The molecule has 1 atom stereocenters. The molecule has 6 nitrogen and oxygen atoms in total. The van der Waals surface area contributed by atoms with E-state index in [9.17, 15) is 14.4 Å². The first kappa shape index (κ1) is 18.6. The topological polar surface area (TPSA) is 72.9 Å². The Balaban J connectivity index is 1.59. The summed E-state index contributed by atoms with van der Waals surface area (Å²) >= 11 is 0. The molecular formula is C21H21NO5. The van der Waals surface area contributed by atoms with Crippen molar-refractivity contribution in [3.05, 3.63) is 59.7 Å². The molecule has 1 saturated heterocycles. The Morgan fingerprint density at radius 1 is 1.11 bits per heavy atom. The lowest BCUT2D eigenvalue weighted by atomic mass is 10.1. The zero-order valence-corrected chi connectivity index (χ0v) is 15.3. The Morgan fingerprint density at radius 3 is 2.52 bits per heavy atom. The zero-order valence-electron chi connectivity index (χ0n) is 15.3. The van der Waals surface area contributed by atoms with E-state index < -0.39 is 11.9 Å². The van der Waals surface area contributed by atoms with Crippen molar-refractivity contribution in [2.24, 2.45) is 5.92 Å². The highest BCUT2D eigenvalue weighted by atomic mass is 16.5. The summed E-state index contributed by atoms with van der Waals surface area (Å²) in [6.07, 6.45) is 0.0789. The summed E-state index contributed by atoms with van der Waals surface area (Å²) in [6, 6.07) is 14.3. The number of ketones is 1. The van der Waals surface area contributed by atoms with Gasteiger partial charge in [-0.05, 0) is 31.2 Å². The van der Waals surface area contributed by atoms with Crippen molar-refractivity contribution in [3.63, 3.8) is 0 Å². The van der Waals surface area contributed by atoms with Crippen molar-refractivity contribution in [1.82, 2.24) is 0 Å². The summed E-state index contributed by atoms with van der Waals surface area (Å²) in [7, 11) is 1.47. The largest absolute Gasteiger partial charge is 0.496 e. The Bertz CT molecular complexity index is 859. The number of anilines is 1. The summed E-state index contributed by atoms with van der Waals surface area (Å²) in [5.41, 5.74) is 2.21. The van der Waals surface area contributed by atoms with Gasteiger partial charge in [0.05, 0.1) is 18.6 Å². The van der Waals surface area contributed by atoms with Gasteiger partial charge in [0.1, 0.15) is 5.75 Å². The van der Waals surface area contributed by atoms with Gasteiger partial charge in [-0.3, -0.25) is 14.4 Å². The molecule has 1 heterocycles. The number of nitrogens with zero attached hydrogens (tertiary/aromatic N) is 1. The number of benzene rings is 2. The number of para-hydroxylation sites is 1. The number of carbonyl (C=O) groups excluding carboxylic acids is 3. The molecule has 0 bridgehead atoms. The highest BCUT2D eigenvalue weighted by Crippen LogP contribution is 2.26. The van der Waals surface area contributed by atoms with Crippen LogP contribution in [0.15, 0.2) is 48.5 Å². The molecule has 2 aromatic carbocycles. The van der Waals surface area contributed by atoms with E-state index >= 15 is 0 Å². The molecule has 0 radical (unpaired) electrons. The predicted octanol–water partition coefficient (Wildman–Crippen LogP) is 2.78. The van der Waals surface area contributed by atoms with Crippen LogP contribution >= 0.6 is 0 Å². The van der Waals surface area contributed by atoms with Crippen LogP contribution < -0.4 is 9.64 Å². The maximum absolute atomic E-state index is 12.3. The van der Waals surface area contributed by atoms with Gasteiger partial charge in [-0.2, -0.15) is 0 Å². The van der Waals surface area contributed by atoms with Crippen molar-refractivity contribution < 1.29 is 23.9 Å². The minimum absolute atomic E-state index is 0.0789. The van der Waals surface area contributed by atoms with Gasteiger partial charge < -0.3 is 14.4 Å². The molecule has 1 fully saturated rings. The molecule has 0 aromatic heterocycles. The van der Waals surface area contributed by atoms with Gasteiger partial charge in [-0.25, -0.2) is 0 Å². The first-order valence-electron chi connectivity index (χ1n) is 8.69. The number of amides is 1. The number of carbonyl (C=O) groups is 3. The van der Waals surface area contributed by atoms with Crippen LogP contribution in [-0.4, -0.2) is 37.9 Å². The molecular weight excluding hydrogens is 346 g/mol. The first-order valence-corrected chi connectivity index (χ1v) is 8.69. The van der Waals surface area contributed by atoms with Crippen LogP contribution in [0.3, 0.4) is 0 Å². The highest BCUT2D eigenvalue weighted by molar-refractivity contribution is 6.02. The second-order valence-electron chi connectivity index (χ2n) is 6.47. The molecule has 1 aliphatic rings. The molecule has 0 saturated carbocycles. The summed E-state index contributed by atoms with van der Waals surface area (Å²) in [5, 5.41) is 0. The molecule has 0 spiro atoms. The Labute approximate surface area is 157 Å². The lowest BCUT2D eigenvalue weighted by molar-refractivity contribution is -0.147. The normalized spacial score (nSPS) is 16.3. The van der Waals surface area contributed by atoms with E-state index in [1.807, 2.05) is 31.2 Å². The fourth-order valence-electron chi connectivity index (χ4n) is 3.05. The minimum Gasteiger partial charge on any atom is -0.496 e. The third-order valence-corrected chi connectivity index (χ3v) is 4.56. The van der Waals surface area contributed by atoms with E-state index in [0.717, 1.165) is 11.3 Å². The van der Waals surface area contributed by atoms with Gasteiger partial charge in [0.2, 0.25) is 11.7 Å². The summed E-state index contributed by atoms with van der Waals surface area (Å²) < 4.78 is 10.3. The summed E-state index contributed by atoms with van der Waals surface area (Å²) in [6.45, 7) is 1.84. The Morgan fingerprint density at radius 2 is 1.81 bits per heavy atom. The van der Waals surface area contributed by atoms with Gasteiger partial charge in [0.25, 0.3) is 0 Å². The number of ether oxygens (including phenoxy) is 2. The average molecular weight is 367 g/mol. The minimum atomic E-state index is -0.579. The monoisotopic (exact) mass is 367 g/mol. The maximum Gasteiger partial charge on any atom is 0.311 e. The van der Waals surface area contributed by atoms with Gasteiger partial charge in [0, 0.05) is 18.7 Å². The number of Topliss-reactive ketones (excluding diaryl/α,β-unsaturated/α-hetero) is 1. The third-order valence-electron chi connectivity index (χ3n) is 4.56. The molecule has 6 heteroatoms. The molecule has 0 aliphatic carbocycles. The number of rotatable bonds is 6. The van der Waals surface area contributed by atoms with Crippen LogP contribution in [0.1, 0.15) is 22.3 Å². The van der Waals surface area contributed by atoms with Gasteiger partial charge in [-0.1, -0.05) is 29.8 Å². The number of hydrogen-bond donors (Lipinski definition) is 0. The van der Waals surface area contributed by atoms with Crippen molar-refractivity contribution in [2.75, 3.05) is 25.2 Å². The number of aryl methyl sites for hydroxylation is 1. The quantitative estimate of drug-likeness (QED) is 0.580. The zero-order chi connectivity index (χ0) is 19.4. The molecule has 0 N–H and O–H groups in total. The van der Waals surface area contributed by atoms with Gasteiger partial charge in [0.15, 0.2) is 6.61 Å². The smallest absolute Gasteiger partial charge is 0.311 e. The number of hydrogen-bond acceptors (Lipinski definition) is 5. The van der Waals surface area contributed by atoms with Crippen LogP contribution in [0.25, 0.3) is 0 Å². The standard InChI is InChI=1S/C21H21NO5/c1-14-7-9-16(10-8-14)22-12-15(11-20(22)24)21(25)27-13-18(23)17-5-3-4-6-19(17)26-2/h3-10,15H,11-13H2,1-2H3/t15-/m1/s1. The van der Waals surface area contributed by atoms with E-state index in [2.05, 4.69) is 0 Å². The molecule has 1 amide bonds. The number of esters is 1. The van der Waals surface area contributed by atoms with Gasteiger partial charge in [-0.15, -0.1) is 0 Å². The molecule has 27 heavy (non-hydrogen) atoms. The fourth-order valence-corrected chi connectivity index (χ4v) is 3.05. The fraction of sp³-hybridized carbons (Fsp3) is 0.286. The van der Waals surface area contributed by atoms with Crippen LogP contribution in [0.5, 0.6) is 5.75 Å². The Kier molecular flexibility index (Phi) is 5.54. The first-order chi connectivity index (χ1) is 13.0. The van der Waals surface area contributed by atoms with E-state index in [0.29, 0.717) is 11.3 Å². The van der Waals surface area contributed by atoms with Crippen LogP contribution in [-0.2, 0) is 14.3 Å². The average Bonchev–Trinajstić information content (AvgIpc) is 3.08. The molecule has 3 rings (SSSR count). The highest BCUT2D eigenvalue weighted by Gasteiger charge is 2.36. The van der Waals surface area contributed by atoms with E-state index in [1.54, 1.807) is 29.2 Å². The van der Waals surface area contributed by atoms with Crippen molar-refractivity contribution in [2.45, 2.75) is 13.3 Å². The van der Waals surface area contributed by atoms with E-state index in [1.165, 1.54) is 7.11 Å². The molecule has 1 aliphatic heterocycles. The van der Waals surface area contributed by atoms with E-state index in [4.69, 9.17) is 9.47 Å². The molecule has 140 valence electrons. The van der Waals surface area contributed by atoms with Crippen molar-refractivity contribution in [3.8, 4) is 5.75 Å². The van der Waals surface area contributed by atoms with Crippen molar-refractivity contribution >= 4 is 23.3 Å². The lowest BCUT2D eigenvalue weighted by Crippen LogP contribution is -2.27. The van der Waals surface area contributed by atoms with Crippen LogP contribution in [0, 0.1) is 12.8 Å². The summed E-state index contributed by atoms with van der Waals surface area (Å²) in [5.74, 6) is -1.16. The number of methoxy groups -OCH3 is 1. The third kappa shape index (κ3) is 4.16. The Hall–Kier alpha value is -3.15.